The first-order chi connectivity index (χ1) is 10.5. The lowest BCUT2D eigenvalue weighted by atomic mass is 10.1. The first-order valence-corrected chi connectivity index (χ1v) is 8.94. The number of halogens is 1. The Bertz CT molecular complexity index is 826. The lowest BCUT2D eigenvalue weighted by Gasteiger charge is -2.08. The fourth-order valence-electron chi connectivity index (χ4n) is 2.09. The van der Waals surface area contributed by atoms with Crippen LogP contribution >= 0.6 is 34.7 Å². The van der Waals surface area contributed by atoms with E-state index >= 15 is 0 Å². The van der Waals surface area contributed by atoms with Crippen molar-refractivity contribution >= 4 is 50.7 Å². The van der Waals surface area contributed by atoms with Gasteiger partial charge in [-0.1, -0.05) is 53.2 Å². The average Bonchev–Trinajstić information content (AvgIpc) is 2.88. The van der Waals surface area contributed by atoms with Gasteiger partial charge in [0, 0.05) is 10.6 Å². The van der Waals surface area contributed by atoms with Gasteiger partial charge in [-0.2, -0.15) is 0 Å². The molecule has 0 aliphatic carbocycles. The summed E-state index contributed by atoms with van der Waals surface area (Å²) in [6.07, 6.45) is 0. The summed E-state index contributed by atoms with van der Waals surface area (Å²) in [5.41, 5.74) is 2.78. The van der Waals surface area contributed by atoms with E-state index in [1.54, 1.807) is 11.3 Å². The number of rotatable bonds is 4. The number of hydrogen-bond donors (Lipinski definition) is 0. The van der Waals surface area contributed by atoms with Crippen LogP contribution in [-0.2, 0) is 0 Å². The summed E-state index contributed by atoms with van der Waals surface area (Å²) in [6, 6.07) is 13.4. The van der Waals surface area contributed by atoms with Gasteiger partial charge in [0.2, 0.25) is 0 Å². The zero-order chi connectivity index (χ0) is 15.7. The standard InChI is InChI=1S/C17H14ClNOS2/c1-10-3-5-12(6-4-10)16(20)11(2)21-17-19-14-9-13(18)7-8-15(14)22-17/h3-9,11H,1-2H3/t11-/m1/s1. The van der Waals surface area contributed by atoms with E-state index in [0.29, 0.717) is 5.02 Å². The maximum Gasteiger partial charge on any atom is 0.175 e. The molecule has 112 valence electrons. The van der Waals surface area contributed by atoms with Gasteiger partial charge in [0.1, 0.15) is 0 Å². The number of carbonyl (C=O) groups excluding carboxylic acids is 1. The number of thiazole rings is 1. The molecule has 1 heterocycles. The van der Waals surface area contributed by atoms with E-state index < -0.39 is 0 Å². The molecule has 22 heavy (non-hydrogen) atoms. The number of ketones is 1. The summed E-state index contributed by atoms with van der Waals surface area (Å²) in [4.78, 5) is 17.0. The van der Waals surface area contributed by atoms with Crippen molar-refractivity contribution in [3.63, 3.8) is 0 Å². The normalized spacial score (nSPS) is 12.5. The van der Waals surface area contributed by atoms with Crippen molar-refractivity contribution in [1.82, 2.24) is 4.98 Å². The van der Waals surface area contributed by atoms with Crippen LogP contribution in [0, 0.1) is 6.92 Å². The Kier molecular flexibility index (Phi) is 4.52. The molecule has 0 fully saturated rings. The van der Waals surface area contributed by atoms with E-state index in [-0.39, 0.29) is 11.0 Å². The fourth-order valence-corrected chi connectivity index (χ4v) is 4.52. The number of aryl methyl sites for hydroxylation is 1. The van der Waals surface area contributed by atoms with Gasteiger partial charge in [-0.25, -0.2) is 4.98 Å². The Morgan fingerprint density at radius 2 is 1.95 bits per heavy atom. The fraction of sp³-hybridized carbons (Fsp3) is 0.176. The van der Waals surface area contributed by atoms with E-state index in [9.17, 15) is 4.79 Å². The van der Waals surface area contributed by atoms with Gasteiger partial charge in [-0.15, -0.1) is 11.3 Å². The quantitative estimate of drug-likeness (QED) is 0.453. The molecule has 0 unspecified atom stereocenters. The molecule has 0 radical (unpaired) electrons. The molecule has 1 aromatic heterocycles. The van der Waals surface area contributed by atoms with Crippen molar-refractivity contribution in [3.05, 3.63) is 58.6 Å². The molecule has 0 spiro atoms. The summed E-state index contributed by atoms with van der Waals surface area (Å²) >= 11 is 9.07. The van der Waals surface area contributed by atoms with Gasteiger partial charge in [0.25, 0.3) is 0 Å². The summed E-state index contributed by atoms with van der Waals surface area (Å²) < 4.78 is 1.98. The van der Waals surface area contributed by atoms with Gasteiger partial charge in [-0.3, -0.25) is 4.79 Å². The van der Waals surface area contributed by atoms with Crippen LogP contribution in [0.4, 0.5) is 0 Å². The van der Waals surface area contributed by atoms with Gasteiger partial charge >= 0.3 is 0 Å². The number of Topliss-reactive ketones (excluding diaryl/α,β-unsaturated/α-hetero) is 1. The molecule has 3 aromatic rings. The first-order valence-electron chi connectivity index (χ1n) is 6.86. The van der Waals surface area contributed by atoms with Crippen LogP contribution in [0.2, 0.25) is 5.02 Å². The van der Waals surface area contributed by atoms with E-state index in [0.717, 1.165) is 25.7 Å². The van der Waals surface area contributed by atoms with Gasteiger partial charge in [0.05, 0.1) is 15.5 Å². The van der Waals surface area contributed by atoms with Crippen molar-refractivity contribution in [2.75, 3.05) is 0 Å². The number of fused-ring (bicyclic) bond motifs is 1. The number of thioether (sulfide) groups is 1. The SMILES string of the molecule is Cc1ccc(C(=O)[C@@H](C)Sc2nc3cc(Cl)ccc3s2)cc1. The van der Waals surface area contributed by atoms with Crippen molar-refractivity contribution < 1.29 is 4.79 Å². The van der Waals surface area contributed by atoms with E-state index in [1.807, 2.05) is 56.3 Å². The summed E-state index contributed by atoms with van der Waals surface area (Å²) in [5.74, 6) is 0.127. The Hall–Kier alpha value is -1.36. The second-order valence-corrected chi connectivity index (χ2v) is 8.14. The summed E-state index contributed by atoms with van der Waals surface area (Å²) in [7, 11) is 0. The monoisotopic (exact) mass is 347 g/mol. The zero-order valence-corrected chi connectivity index (χ0v) is 14.6. The molecule has 2 aromatic carbocycles. The Morgan fingerprint density at radius 1 is 1.23 bits per heavy atom. The molecule has 5 heteroatoms. The highest BCUT2D eigenvalue weighted by molar-refractivity contribution is 8.02. The summed E-state index contributed by atoms with van der Waals surface area (Å²) in [6.45, 7) is 3.94. The van der Waals surface area contributed by atoms with Crippen LogP contribution in [0.15, 0.2) is 46.8 Å². The van der Waals surface area contributed by atoms with Crippen molar-refractivity contribution in [2.24, 2.45) is 0 Å². The molecule has 0 aliphatic heterocycles. The number of benzene rings is 2. The third-order valence-corrected chi connectivity index (χ3v) is 5.78. The number of carbonyl (C=O) groups is 1. The predicted molar refractivity (Wildman–Crippen MR) is 95.5 cm³/mol. The molecule has 0 saturated carbocycles. The molecule has 2 nitrogen and oxygen atoms in total. The highest BCUT2D eigenvalue weighted by Gasteiger charge is 2.18. The summed E-state index contributed by atoms with van der Waals surface area (Å²) in [5, 5.41) is 0.511. The Labute approximate surface area is 142 Å². The lowest BCUT2D eigenvalue weighted by Crippen LogP contribution is -2.13. The third kappa shape index (κ3) is 3.35. The van der Waals surface area contributed by atoms with E-state index in [2.05, 4.69) is 4.98 Å². The van der Waals surface area contributed by atoms with Crippen molar-refractivity contribution in [3.8, 4) is 0 Å². The minimum absolute atomic E-state index is 0.127. The smallest absolute Gasteiger partial charge is 0.175 e. The lowest BCUT2D eigenvalue weighted by molar-refractivity contribution is 0.0994. The molecule has 0 bridgehead atoms. The predicted octanol–water partition coefficient (Wildman–Crippen LogP) is 5.62. The van der Waals surface area contributed by atoms with Crippen LogP contribution in [0.3, 0.4) is 0 Å². The minimum atomic E-state index is -0.168. The van der Waals surface area contributed by atoms with E-state index in [4.69, 9.17) is 11.6 Å². The Balaban J connectivity index is 1.78. The highest BCUT2D eigenvalue weighted by Crippen LogP contribution is 2.34. The van der Waals surface area contributed by atoms with Crippen molar-refractivity contribution in [1.29, 1.82) is 0 Å². The van der Waals surface area contributed by atoms with Crippen LogP contribution in [-0.4, -0.2) is 16.0 Å². The highest BCUT2D eigenvalue weighted by atomic mass is 35.5. The van der Waals surface area contributed by atoms with Crippen molar-refractivity contribution in [2.45, 2.75) is 23.4 Å². The molecular formula is C17H14ClNOS2. The van der Waals surface area contributed by atoms with Crippen LogP contribution in [0.1, 0.15) is 22.8 Å². The molecule has 0 N–H and O–H groups in total. The third-order valence-electron chi connectivity index (χ3n) is 3.31. The largest absolute Gasteiger partial charge is 0.293 e. The topological polar surface area (TPSA) is 30.0 Å². The van der Waals surface area contributed by atoms with Gasteiger partial charge in [-0.05, 0) is 32.0 Å². The number of nitrogens with zero attached hydrogens (tertiary/aromatic N) is 1. The molecule has 1 atom stereocenters. The second-order valence-electron chi connectivity index (χ2n) is 5.08. The maximum atomic E-state index is 12.5. The molecule has 0 aliphatic rings. The zero-order valence-electron chi connectivity index (χ0n) is 12.2. The van der Waals surface area contributed by atoms with E-state index in [1.165, 1.54) is 11.8 Å². The molecule has 0 saturated heterocycles. The van der Waals surface area contributed by atoms with Gasteiger partial charge < -0.3 is 0 Å². The minimum Gasteiger partial charge on any atom is -0.293 e. The van der Waals surface area contributed by atoms with Crippen LogP contribution < -0.4 is 0 Å². The van der Waals surface area contributed by atoms with Crippen LogP contribution in [0.5, 0.6) is 0 Å². The Morgan fingerprint density at radius 3 is 2.68 bits per heavy atom. The molecule has 0 amide bonds. The average molecular weight is 348 g/mol. The maximum absolute atomic E-state index is 12.5. The first kappa shape index (κ1) is 15.5. The number of aromatic nitrogens is 1. The van der Waals surface area contributed by atoms with Crippen LogP contribution in [0.25, 0.3) is 10.2 Å². The second kappa shape index (κ2) is 6.41. The number of hydrogen-bond acceptors (Lipinski definition) is 4. The molecule has 3 rings (SSSR count). The molecular weight excluding hydrogens is 334 g/mol. The van der Waals surface area contributed by atoms with Gasteiger partial charge in [0.15, 0.2) is 10.1 Å².